The Balaban J connectivity index is 1.91. The summed E-state index contributed by atoms with van der Waals surface area (Å²) in [6, 6.07) is 14.9. The van der Waals surface area contributed by atoms with Crippen LogP contribution in [0.15, 0.2) is 70.0 Å². The minimum Gasteiger partial charge on any atom is -0.495 e. The van der Waals surface area contributed by atoms with Gasteiger partial charge in [-0.1, -0.05) is 18.2 Å². The molecule has 3 aromatic rings. The number of carbonyl (C=O) groups excluding carboxylic acids is 1. The van der Waals surface area contributed by atoms with Crippen molar-refractivity contribution in [2.24, 2.45) is 0 Å². The maximum atomic E-state index is 13.5. The quantitative estimate of drug-likeness (QED) is 0.509. The average Bonchev–Trinajstić information content (AvgIpc) is 2.71. The number of halogens is 2. The van der Waals surface area contributed by atoms with Crippen molar-refractivity contribution in [2.45, 2.75) is 11.8 Å². The summed E-state index contributed by atoms with van der Waals surface area (Å²) < 4.78 is 47.5. The Labute approximate surface area is 182 Å². The monoisotopic (exact) mass is 492 g/mol. The van der Waals surface area contributed by atoms with Crippen LogP contribution in [0.5, 0.6) is 5.75 Å². The summed E-state index contributed by atoms with van der Waals surface area (Å²) in [5.41, 5.74) is 1.12. The van der Waals surface area contributed by atoms with Gasteiger partial charge in [0.1, 0.15) is 11.6 Å². The first-order valence-corrected chi connectivity index (χ1v) is 11.0. The lowest BCUT2D eigenvalue weighted by molar-refractivity contribution is 0.102. The average molecular weight is 493 g/mol. The molecule has 156 valence electrons. The zero-order chi connectivity index (χ0) is 21.9. The molecule has 0 unspecified atom stereocenters. The highest BCUT2D eigenvalue weighted by Crippen LogP contribution is 2.28. The molecule has 0 heterocycles. The molecular formula is C21H18BrFN2O4S. The van der Waals surface area contributed by atoms with E-state index in [0.29, 0.717) is 15.8 Å². The summed E-state index contributed by atoms with van der Waals surface area (Å²) in [6.45, 7) is 1.64. The highest BCUT2D eigenvalue weighted by atomic mass is 79.9. The van der Waals surface area contributed by atoms with E-state index >= 15 is 0 Å². The Morgan fingerprint density at radius 3 is 2.53 bits per heavy atom. The van der Waals surface area contributed by atoms with Crippen LogP contribution in [0, 0.1) is 12.7 Å². The number of anilines is 2. The first-order chi connectivity index (χ1) is 14.2. The number of nitrogens with one attached hydrogen (secondary N) is 2. The second kappa shape index (κ2) is 8.85. The molecule has 0 aliphatic heterocycles. The van der Waals surface area contributed by atoms with Crippen molar-refractivity contribution in [3.63, 3.8) is 0 Å². The van der Waals surface area contributed by atoms with Gasteiger partial charge in [-0.2, -0.15) is 0 Å². The van der Waals surface area contributed by atoms with Crippen LogP contribution >= 0.6 is 15.9 Å². The summed E-state index contributed by atoms with van der Waals surface area (Å²) in [5.74, 6) is -0.762. The van der Waals surface area contributed by atoms with Crippen molar-refractivity contribution in [3.8, 4) is 5.75 Å². The van der Waals surface area contributed by atoms with E-state index < -0.39 is 21.7 Å². The van der Waals surface area contributed by atoms with Gasteiger partial charge in [0.15, 0.2) is 0 Å². The Hall–Kier alpha value is -2.91. The molecule has 0 atom stereocenters. The molecule has 9 heteroatoms. The Morgan fingerprint density at radius 2 is 1.80 bits per heavy atom. The van der Waals surface area contributed by atoms with Crippen molar-refractivity contribution < 1.29 is 22.3 Å². The molecule has 1 amide bonds. The van der Waals surface area contributed by atoms with Gasteiger partial charge in [-0.25, -0.2) is 12.8 Å². The Kier molecular flexibility index (Phi) is 6.42. The number of rotatable bonds is 6. The molecule has 0 radical (unpaired) electrons. The van der Waals surface area contributed by atoms with E-state index in [4.69, 9.17) is 4.74 Å². The molecule has 6 nitrogen and oxygen atoms in total. The fourth-order valence-electron chi connectivity index (χ4n) is 2.77. The number of hydrogen-bond donors (Lipinski definition) is 2. The fraction of sp³-hybridized carbons (Fsp3) is 0.0952. The van der Waals surface area contributed by atoms with Crippen molar-refractivity contribution in [1.82, 2.24) is 0 Å². The molecule has 0 aromatic heterocycles. The third-order valence-electron chi connectivity index (χ3n) is 4.26. The maximum absolute atomic E-state index is 13.5. The first-order valence-electron chi connectivity index (χ1n) is 8.74. The van der Waals surface area contributed by atoms with Gasteiger partial charge < -0.3 is 10.1 Å². The SMILES string of the molecule is COc1ccccc1NS(=O)(=O)c1cc(NC(=O)c2cc(F)ccc2Br)ccc1C. The number of amides is 1. The third kappa shape index (κ3) is 4.80. The molecule has 0 saturated heterocycles. The van der Waals surface area contributed by atoms with Gasteiger partial charge in [-0.3, -0.25) is 9.52 Å². The molecule has 30 heavy (non-hydrogen) atoms. The Bertz CT molecular complexity index is 1220. The van der Waals surface area contributed by atoms with Gasteiger partial charge in [0.2, 0.25) is 0 Å². The highest BCUT2D eigenvalue weighted by Gasteiger charge is 2.20. The molecule has 0 saturated carbocycles. The molecule has 3 rings (SSSR count). The molecule has 0 aliphatic carbocycles. The minimum absolute atomic E-state index is 0.00971. The van der Waals surface area contributed by atoms with Gasteiger partial charge in [0, 0.05) is 10.2 Å². The van der Waals surface area contributed by atoms with E-state index in [1.807, 2.05) is 0 Å². The molecule has 0 bridgehead atoms. The van der Waals surface area contributed by atoms with Crippen molar-refractivity contribution in [1.29, 1.82) is 0 Å². The largest absolute Gasteiger partial charge is 0.495 e. The second-order valence-corrected chi connectivity index (χ2v) is 8.87. The number of para-hydroxylation sites is 2. The van der Waals surface area contributed by atoms with E-state index in [-0.39, 0.29) is 21.8 Å². The van der Waals surface area contributed by atoms with Crippen molar-refractivity contribution in [3.05, 3.63) is 82.1 Å². The molecular weight excluding hydrogens is 475 g/mol. The zero-order valence-electron chi connectivity index (χ0n) is 16.1. The second-order valence-electron chi connectivity index (χ2n) is 6.36. The van der Waals surface area contributed by atoms with Crippen LogP contribution in [0.1, 0.15) is 15.9 Å². The lowest BCUT2D eigenvalue weighted by atomic mass is 10.2. The van der Waals surface area contributed by atoms with Gasteiger partial charge >= 0.3 is 0 Å². The molecule has 3 aromatic carbocycles. The van der Waals surface area contributed by atoms with Crippen molar-refractivity contribution in [2.75, 3.05) is 17.1 Å². The van der Waals surface area contributed by atoms with Gasteiger partial charge in [-0.05, 0) is 70.9 Å². The summed E-state index contributed by atoms with van der Waals surface area (Å²) in [6.07, 6.45) is 0. The number of hydrogen-bond acceptors (Lipinski definition) is 4. The number of methoxy groups -OCH3 is 1. The highest BCUT2D eigenvalue weighted by molar-refractivity contribution is 9.10. The van der Waals surface area contributed by atoms with Crippen LogP contribution in [-0.2, 0) is 10.0 Å². The fourth-order valence-corrected chi connectivity index (χ4v) is 4.53. The summed E-state index contributed by atoms with van der Waals surface area (Å²) in [5, 5.41) is 2.60. The van der Waals surface area contributed by atoms with Crippen LogP contribution in [0.3, 0.4) is 0 Å². The number of benzene rings is 3. The van der Waals surface area contributed by atoms with E-state index in [9.17, 15) is 17.6 Å². The van der Waals surface area contributed by atoms with E-state index in [1.54, 1.807) is 43.3 Å². The van der Waals surface area contributed by atoms with Crippen LogP contribution < -0.4 is 14.8 Å². The molecule has 0 fully saturated rings. The van der Waals surface area contributed by atoms with Gasteiger partial charge in [-0.15, -0.1) is 0 Å². The topological polar surface area (TPSA) is 84.5 Å². The lowest BCUT2D eigenvalue weighted by Crippen LogP contribution is -2.17. The molecule has 0 spiro atoms. The number of ether oxygens (including phenoxy) is 1. The van der Waals surface area contributed by atoms with E-state index in [1.165, 1.54) is 25.3 Å². The van der Waals surface area contributed by atoms with Crippen LogP contribution in [0.25, 0.3) is 0 Å². The summed E-state index contributed by atoms with van der Waals surface area (Å²) in [4.78, 5) is 12.5. The number of aryl methyl sites for hydroxylation is 1. The van der Waals surface area contributed by atoms with Crippen LogP contribution in [0.2, 0.25) is 0 Å². The number of sulfonamides is 1. The van der Waals surface area contributed by atoms with E-state index in [0.717, 1.165) is 6.07 Å². The number of carbonyl (C=O) groups is 1. The minimum atomic E-state index is -3.96. The predicted molar refractivity (Wildman–Crippen MR) is 117 cm³/mol. The summed E-state index contributed by atoms with van der Waals surface area (Å²) >= 11 is 3.21. The summed E-state index contributed by atoms with van der Waals surface area (Å²) in [7, 11) is -2.52. The smallest absolute Gasteiger partial charge is 0.262 e. The van der Waals surface area contributed by atoms with Gasteiger partial charge in [0.05, 0.1) is 23.3 Å². The Morgan fingerprint density at radius 1 is 1.07 bits per heavy atom. The van der Waals surface area contributed by atoms with Gasteiger partial charge in [0.25, 0.3) is 15.9 Å². The lowest BCUT2D eigenvalue weighted by Gasteiger charge is -2.14. The van der Waals surface area contributed by atoms with Crippen LogP contribution in [-0.4, -0.2) is 21.4 Å². The van der Waals surface area contributed by atoms with Crippen molar-refractivity contribution >= 4 is 43.2 Å². The normalized spacial score (nSPS) is 11.1. The van der Waals surface area contributed by atoms with Crippen LogP contribution in [0.4, 0.5) is 15.8 Å². The zero-order valence-corrected chi connectivity index (χ0v) is 18.5. The predicted octanol–water partition coefficient (Wildman–Crippen LogP) is 4.96. The third-order valence-corrected chi connectivity index (χ3v) is 6.46. The van der Waals surface area contributed by atoms with E-state index in [2.05, 4.69) is 26.0 Å². The molecule has 2 N–H and O–H groups in total. The first kappa shape index (κ1) is 21.8. The standard InChI is InChI=1S/C21H18BrFN2O4S/c1-13-7-9-15(24-21(26)16-11-14(23)8-10-17(16)22)12-20(13)30(27,28)25-18-5-3-4-6-19(18)29-2/h3-12,25H,1-2H3,(H,24,26). The molecule has 0 aliphatic rings. The maximum Gasteiger partial charge on any atom is 0.262 e.